The summed E-state index contributed by atoms with van der Waals surface area (Å²) in [7, 11) is 1.40. The van der Waals surface area contributed by atoms with Gasteiger partial charge in [0, 0.05) is 6.54 Å². The van der Waals surface area contributed by atoms with Gasteiger partial charge in [0.05, 0.1) is 12.7 Å². The summed E-state index contributed by atoms with van der Waals surface area (Å²) in [6.07, 6.45) is 0.822. The predicted molar refractivity (Wildman–Crippen MR) is 74.9 cm³/mol. The second-order valence-corrected chi connectivity index (χ2v) is 4.34. The van der Waals surface area contributed by atoms with E-state index < -0.39 is 11.9 Å². The lowest BCUT2D eigenvalue weighted by atomic mass is 10.1. The average molecular weight is 280 g/mol. The molecule has 0 spiro atoms. The van der Waals surface area contributed by atoms with Crippen LogP contribution in [0.3, 0.4) is 0 Å². The molecule has 1 aromatic carbocycles. The van der Waals surface area contributed by atoms with Crippen LogP contribution in [0.1, 0.15) is 30.6 Å². The Labute approximate surface area is 118 Å². The Hall–Kier alpha value is -2.24. The first-order chi connectivity index (χ1) is 9.51. The Morgan fingerprint density at radius 1 is 1.40 bits per heavy atom. The highest BCUT2D eigenvalue weighted by Crippen LogP contribution is 2.29. The van der Waals surface area contributed by atoms with Gasteiger partial charge in [-0.3, -0.25) is 9.59 Å². The molecule has 0 saturated carbocycles. The van der Waals surface area contributed by atoms with E-state index in [-0.39, 0.29) is 23.0 Å². The first-order valence-electron chi connectivity index (χ1n) is 6.45. The number of aromatic hydroxyl groups is 1. The second kappa shape index (κ2) is 7.37. The molecule has 0 aliphatic rings. The molecule has 0 aromatic heterocycles. The molecule has 6 heteroatoms. The van der Waals surface area contributed by atoms with Gasteiger partial charge in [0.15, 0.2) is 11.5 Å². The topological polar surface area (TPSA) is 87.7 Å². The van der Waals surface area contributed by atoms with Crippen LogP contribution in [0.25, 0.3) is 0 Å². The van der Waals surface area contributed by atoms with E-state index in [0.717, 1.165) is 6.42 Å². The van der Waals surface area contributed by atoms with E-state index in [4.69, 9.17) is 4.74 Å². The summed E-state index contributed by atoms with van der Waals surface area (Å²) < 4.78 is 4.93. The number of carbonyl (C=O) groups excluding carboxylic acids is 2. The minimum atomic E-state index is -0.681. The van der Waals surface area contributed by atoms with E-state index >= 15 is 0 Å². The number of carbonyl (C=O) groups is 2. The van der Waals surface area contributed by atoms with Crippen molar-refractivity contribution in [2.75, 3.05) is 13.7 Å². The van der Waals surface area contributed by atoms with Crippen molar-refractivity contribution in [1.82, 2.24) is 10.6 Å². The van der Waals surface area contributed by atoms with Crippen LogP contribution in [0.2, 0.25) is 0 Å². The zero-order valence-corrected chi connectivity index (χ0v) is 11.9. The van der Waals surface area contributed by atoms with E-state index in [1.165, 1.54) is 13.2 Å². The summed E-state index contributed by atoms with van der Waals surface area (Å²) in [6.45, 7) is 4.08. The van der Waals surface area contributed by atoms with Crippen molar-refractivity contribution in [1.29, 1.82) is 0 Å². The molecule has 110 valence electrons. The van der Waals surface area contributed by atoms with E-state index in [1.807, 2.05) is 6.92 Å². The minimum Gasteiger partial charge on any atom is -0.504 e. The Kier molecular flexibility index (Phi) is 5.83. The molecule has 0 aliphatic carbocycles. The number of methoxy groups -OCH3 is 1. The predicted octanol–water partition coefficient (Wildman–Crippen LogP) is 1.05. The van der Waals surface area contributed by atoms with E-state index in [0.29, 0.717) is 6.54 Å². The Morgan fingerprint density at radius 2 is 2.10 bits per heavy atom. The first-order valence-corrected chi connectivity index (χ1v) is 6.45. The normalized spacial score (nSPS) is 11.6. The minimum absolute atomic E-state index is 0.0690. The number of amides is 2. The standard InChI is InChI=1S/C14H20N2O4/c1-4-8-15-13(18)9(2)16-14(19)10-6-5-7-11(20-3)12(10)17/h5-7,9,17H,4,8H2,1-3H3,(H,15,18)(H,16,19). The lowest BCUT2D eigenvalue weighted by molar-refractivity contribution is -0.122. The zero-order valence-electron chi connectivity index (χ0n) is 11.9. The highest BCUT2D eigenvalue weighted by atomic mass is 16.5. The Morgan fingerprint density at radius 3 is 2.70 bits per heavy atom. The van der Waals surface area contributed by atoms with Gasteiger partial charge < -0.3 is 20.5 Å². The highest BCUT2D eigenvalue weighted by molar-refractivity contribution is 6.00. The van der Waals surface area contributed by atoms with Gasteiger partial charge in [-0.1, -0.05) is 13.0 Å². The van der Waals surface area contributed by atoms with E-state index in [2.05, 4.69) is 10.6 Å². The molecular weight excluding hydrogens is 260 g/mol. The third-order valence-corrected chi connectivity index (χ3v) is 2.75. The molecule has 0 fully saturated rings. The number of benzene rings is 1. The maximum absolute atomic E-state index is 12.0. The van der Waals surface area contributed by atoms with Crippen LogP contribution in [-0.4, -0.2) is 36.6 Å². The van der Waals surface area contributed by atoms with Crippen molar-refractivity contribution in [2.24, 2.45) is 0 Å². The van der Waals surface area contributed by atoms with Gasteiger partial charge in [-0.2, -0.15) is 0 Å². The van der Waals surface area contributed by atoms with E-state index in [9.17, 15) is 14.7 Å². The van der Waals surface area contributed by atoms with Gasteiger partial charge in [0.1, 0.15) is 6.04 Å². The van der Waals surface area contributed by atoms with Crippen LogP contribution in [0, 0.1) is 0 Å². The summed E-state index contributed by atoms with van der Waals surface area (Å²) in [5.41, 5.74) is 0.0690. The SMILES string of the molecule is CCCNC(=O)C(C)NC(=O)c1cccc(OC)c1O. The summed E-state index contributed by atoms with van der Waals surface area (Å²) in [5.74, 6) is -0.822. The molecule has 0 saturated heterocycles. The number of hydrogen-bond donors (Lipinski definition) is 3. The fourth-order valence-corrected chi connectivity index (χ4v) is 1.61. The maximum Gasteiger partial charge on any atom is 0.255 e. The van der Waals surface area contributed by atoms with Crippen molar-refractivity contribution in [3.8, 4) is 11.5 Å². The smallest absolute Gasteiger partial charge is 0.255 e. The molecule has 20 heavy (non-hydrogen) atoms. The fourth-order valence-electron chi connectivity index (χ4n) is 1.61. The first kappa shape index (κ1) is 15.8. The molecule has 0 radical (unpaired) electrons. The molecule has 0 bridgehead atoms. The van der Waals surface area contributed by atoms with Crippen LogP contribution in [-0.2, 0) is 4.79 Å². The molecular formula is C14H20N2O4. The summed E-state index contributed by atoms with van der Waals surface area (Å²) in [5, 5.41) is 15.1. The van der Waals surface area contributed by atoms with Crippen LogP contribution in [0.15, 0.2) is 18.2 Å². The van der Waals surface area contributed by atoms with Gasteiger partial charge in [-0.15, -0.1) is 0 Å². The number of phenolic OH excluding ortho intramolecular Hbond substituents is 1. The van der Waals surface area contributed by atoms with Crippen molar-refractivity contribution >= 4 is 11.8 Å². The number of rotatable bonds is 6. The van der Waals surface area contributed by atoms with E-state index in [1.54, 1.807) is 19.1 Å². The summed E-state index contributed by atoms with van der Waals surface area (Å²) >= 11 is 0. The van der Waals surface area contributed by atoms with Crippen molar-refractivity contribution < 1.29 is 19.4 Å². The molecule has 0 heterocycles. The molecule has 0 aliphatic heterocycles. The Bertz CT molecular complexity index is 488. The molecule has 1 unspecified atom stereocenters. The van der Waals surface area contributed by atoms with Crippen molar-refractivity contribution in [3.05, 3.63) is 23.8 Å². The quantitative estimate of drug-likeness (QED) is 0.726. The highest BCUT2D eigenvalue weighted by Gasteiger charge is 2.19. The largest absolute Gasteiger partial charge is 0.504 e. The van der Waals surface area contributed by atoms with Gasteiger partial charge in [-0.05, 0) is 25.5 Å². The zero-order chi connectivity index (χ0) is 15.1. The van der Waals surface area contributed by atoms with Gasteiger partial charge in [0.2, 0.25) is 5.91 Å². The van der Waals surface area contributed by atoms with Gasteiger partial charge >= 0.3 is 0 Å². The van der Waals surface area contributed by atoms with Gasteiger partial charge in [0.25, 0.3) is 5.91 Å². The molecule has 1 atom stereocenters. The van der Waals surface area contributed by atoms with Crippen LogP contribution in [0.5, 0.6) is 11.5 Å². The average Bonchev–Trinajstić information content (AvgIpc) is 2.44. The number of para-hydroxylation sites is 1. The lowest BCUT2D eigenvalue weighted by Crippen LogP contribution is -2.45. The van der Waals surface area contributed by atoms with Crippen molar-refractivity contribution in [3.63, 3.8) is 0 Å². The summed E-state index contributed by atoms with van der Waals surface area (Å²) in [4.78, 5) is 23.7. The lowest BCUT2D eigenvalue weighted by Gasteiger charge is -2.15. The number of phenols is 1. The molecule has 2 amide bonds. The monoisotopic (exact) mass is 280 g/mol. The second-order valence-electron chi connectivity index (χ2n) is 4.34. The molecule has 3 N–H and O–H groups in total. The molecule has 1 aromatic rings. The number of ether oxygens (including phenoxy) is 1. The fraction of sp³-hybridized carbons (Fsp3) is 0.429. The van der Waals surface area contributed by atoms with Crippen molar-refractivity contribution in [2.45, 2.75) is 26.3 Å². The van der Waals surface area contributed by atoms with Crippen LogP contribution in [0.4, 0.5) is 0 Å². The Balaban J connectivity index is 2.74. The third-order valence-electron chi connectivity index (χ3n) is 2.75. The number of hydrogen-bond acceptors (Lipinski definition) is 4. The summed E-state index contributed by atoms with van der Waals surface area (Å²) in [6, 6.07) is 3.92. The third kappa shape index (κ3) is 3.88. The van der Waals surface area contributed by atoms with Crippen LogP contribution < -0.4 is 15.4 Å². The van der Waals surface area contributed by atoms with Crippen LogP contribution >= 0.6 is 0 Å². The van der Waals surface area contributed by atoms with Gasteiger partial charge in [-0.25, -0.2) is 0 Å². The molecule has 6 nitrogen and oxygen atoms in total. The number of nitrogens with one attached hydrogen (secondary N) is 2. The maximum atomic E-state index is 12.0. The molecule has 1 rings (SSSR count).